The van der Waals surface area contributed by atoms with Gasteiger partial charge in [0.05, 0.1) is 5.41 Å². The van der Waals surface area contributed by atoms with Crippen LogP contribution in [0.15, 0.2) is 24.4 Å². The summed E-state index contributed by atoms with van der Waals surface area (Å²) in [5.41, 5.74) is 2.24. The zero-order chi connectivity index (χ0) is 12.6. The molecule has 1 aromatic heterocycles. The minimum Gasteiger partial charge on any atom is -0.481 e. The fourth-order valence-electron chi connectivity index (χ4n) is 2.14. The van der Waals surface area contributed by atoms with Crippen LogP contribution in [0.1, 0.15) is 31.9 Å². The van der Waals surface area contributed by atoms with Crippen LogP contribution in [0.3, 0.4) is 0 Å². The van der Waals surface area contributed by atoms with E-state index >= 15 is 0 Å². The van der Waals surface area contributed by atoms with Gasteiger partial charge in [-0.15, -0.1) is 0 Å². The first-order valence-corrected chi connectivity index (χ1v) is 5.81. The van der Waals surface area contributed by atoms with Gasteiger partial charge in [-0.2, -0.15) is 0 Å². The highest BCUT2D eigenvalue weighted by molar-refractivity contribution is 5.93. The topological polar surface area (TPSA) is 53.1 Å². The van der Waals surface area contributed by atoms with Crippen molar-refractivity contribution in [2.75, 3.05) is 0 Å². The molecular formula is C14H17NO2. The van der Waals surface area contributed by atoms with Crippen LogP contribution >= 0.6 is 0 Å². The second-order valence-corrected chi connectivity index (χ2v) is 4.83. The number of aromatic nitrogens is 1. The number of rotatable bonds is 3. The van der Waals surface area contributed by atoms with E-state index in [1.165, 1.54) is 5.56 Å². The SMILES string of the molecule is CCc1cccc2c(C(C)(C)C(=O)O)c[nH]c12. The zero-order valence-electron chi connectivity index (χ0n) is 10.4. The smallest absolute Gasteiger partial charge is 0.313 e. The van der Waals surface area contributed by atoms with Crippen molar-refractivity contribution in [1.29, 1.82) is 0 Å². The average molecular weight is 231 g/mol. The molecule has 0 aliphatic carbocycles. The summed E-state index contributed by atoms with van der Waals surface area (Å²) in [5, 5.41) is 10.3. The van der Waals surface area contributed by atoms with Crippen molar-refractivity contribution in [2.24, 2.45) is 0 Å². The molecule has 17 heavy (non-hydrogen) atoms. The van der Waals surface area contributed by atoms with Gasteiger partial charge in [-0.3, -0.25) is 4.79 Å². The van der Waals surface area contributed by atoms with E-state index in [0.717, 1.165) is 22.9 Å². The van der Waals surface area contributed by atoms with E-state index in [1.54, 1.807) is 13.8 Å². The Morgan fingerprint density at radius 2 is 2.12 bits per heavy atom. The largest absolute Gasteiger partial charge is 0.481 e. The Morgan fingerprint density at radius 1 is 1.41 bits per heavy atom. The molecule has 3 nitrogen and oxygen atoms in total. The van der Waals surface area contributed by atoms with Crippen LogP contribution < -0.4 is 0 Å². The Bertz CT molecular complexity index is 567. The fraction of sp³-hybridized carbons (Fsp3) is 0.357. The van der Waals surface area contributed by atoms with Gasteiger partial charge in [0, 0.05) is 17.1 Å². The highest BCUT2D eigenvalue weighted by atomic mass is 16.4. The minimum absolute atomic E-state index is 0.805. The van der Waals surface area contributed by atoms with Crippen LogP contribution in [0.4, 0.5) is 0 Å². The average Bonchev–Trinajstić information content (AvgIpc) is 2.72. The first-order chi connectivity index (χ1) is 7.98. The molecule has 1 heterocycles. The number of aryl methyl sites for hydroxylation is 1. The van der Waals surface area contributed by atoms with E-state index in [9.17, 15) is 9.90 Å². The Kier molecular flexibility index (Phi) is 2.69. The molecule has 0 radical (unpaired) electrons. The third kappa shape index (κ3) is 1.71. The molecule has 0 aliphatic rings. The number of aromatic amines is 1. The van der Waals surface area contributed by atoms with Crippen molar-refractivity contribution in [1.82, 2.24) is 4.98 Å². The van der Waals surface area contributed by atoms with Crippen molar-refractivity contribution in [3.63, 3.8) is 0 Å². The summed E-state index contributed by atoms with van der Waals surface area (Å²) in [7, 11) is 0. The number of H-pyrrole nitrogens is 1. The molecule has 3 heteroatoms. The second-order valence-electron chi connectivity index (χ2n) is 4.83. The molecule has 2 aromatic rings. The van der Waals surface area contributed by atoms with E-state index in [0.29, 0.717) is 0 Å². The third-order valence-electron chi connectivity index (χ3n) is 3.39. The molecule has 2 rings (SSSR count). The summed E-state index contributed by atoms with van der Waals surface area (Å²) in [6, 6.07) is 6.03. The van der Waals surface area contributed by atoms with Crippen molar-refractivity contribution < 1.29 is 9.90 Å². The normalized spacial score (nSPS) is 11.9. The number of fused-ring (bicyclic) bond motifs is 1. The highest BCUT2D eigenvalue weighted by Gasteiger charge is 2.32. The summed E-state index contributed by atoms with van der Waals surface area (Å²) in [6.07, 6.45) is 2.75. The first kappa shape index (κ1) is 11.7. The molecule has 2 N–H and O–H groups in total. The number of para-hydroxylation sites is 1. The predicted octanol–water partition coefficient (Wildman–Crippen LogP) is 3.09. The van der Waals surface area contributed by atoms with Crippen molar-refractivity contribution in [2.45, 2.75) is 32.6 Å². The Hall–Kier alpha value is -1.77. The van der Waals surface area contributed by atoms with E-state index in [4.69, 9.17) is 0 Å². The second kappa shape index (κ2) is 3.91. The van der Waals surface area contributed by atoms with Gasteiger partial charge < -0.3 is 10.1 Å². The molecule has 0 amide bonds. The van der Waals surface area contributed by atoms with Gasteiger partial charge in [0.25, 0.3) is 0 Å². The lowest BCUT2D eigenvalue weighted by molar-refractivity contribution is -0.142. The molecule has 0 fully saturated rings. The Morgan fingerprint density at radius 3 is 2.71 bits per heavy atom. The lowest BCUT2D eigenvalue weighted by atomic mass is 9.84. The van der Waals surface area contributed by atoms with Crippen LogP contribution in [0.5, 0.6) is 0 Å². The summed E-state index contributed by atoms with van der Waals surface area (Å²) in [4.78, 5) is 14.5. The van der Waals surface area contributed by atoms with Gasteiger partial charge >= 0.3 is 5.97 Å². The Labute approximate surface area is 100 Å². The fourth-order valence-corrected chi connectivity index (χ4v) is 2.14. The number of carbonyl (C=O) groups is 1. The lowest BCUT2D eigenvalue weighted by Crippen LogP contribution is -2.28. The van der Waals surface area contributed by atoms with Crippen LogP contribution in [-0.2, 0) is 16.6 Å². The molecule has 0 spiro atoms. The van der Waals surface area contributed by atoms with E-state index in [2.05, 4.69) is 18.0 Å². The predicted molar refractivity (Wildman–Crippen MR) is 68.3 cm³/mol. The summed E-state index contributed by atoms with van der Waals surface area (Å²) < 4.78 is 0. The molecule has 0 atom stereocenters. The van der Waals surface area contributed by atoms with Crippen molar-refractivity contribution in [3.05, 3.63) is 35.5 Å². The number of benzene rings is 1. The molecule has 0 unspecified atom stereocenters. The number of carboxylic acids is 1. The van der Waals surface area contributed by atoms with Gasteiger partial charge in [-0.25, -0.2) is 0 Å². The Balaban J connectivity index is 2.69. The highest BCUT2D eigenvalue weighted by Crippen LogP contribution is 2.32. The van der Waals surface area contributed by atoms with Crippen LogP contribution in [0.25, 0.3) is 10.9 Å². The first-order valence-electron chi connectivity index (χ1n) is 5.81. The van der Waals surface area contributed by atoms with Gasteiger partial charge in [-0.1, -0.05) is 25.1 Å². The van der Waals surface area contributed by atoms with Crippen molar-refractivity contribution >= 4 is 16.9 Å². The molecule has 0 bridgehead atoms. The quantitative estimate of drug-likeness (QED) is 0.852. The van der Waals surface area contributed by atoms with Crippen molar-refractivity contribution in [3.8, 4) is 0 Å². The number of hydrogen-bond donors (Lipinski definition) is 2. The van der Waals surface area contributed by atoms with E-state index < -0.39 is 11.4 Å². The number of hydrogen-bond acceptors (Lipinski definition) is 1. The molecule has 0 saturated carbocycles. The standard InChI is InChI=1S/C14H17NO2/c1-4-9-6-5-7-10-11(8-15-12(9)10)14(2,3)13(16)17/h5-8,15H,4H2,1-3H3,(H,16,17). The number of carboxylic acid groups (broad SMARTS) is 1. The molecule has 90 valence electrons. The minimum atomic E-state index is -0.870. The van der Waals surface area contributed by atoms with Gasteiger partial charge in [0.15, 0.2) is 0 Å². The summed E-state index contributed by atoms with van der Waals surface area (Å²) >= 11 is 0. The molecular weight excluding hydrogens is 214 g/mol. The summed E-state index contributed by atoms with van der Waals surface area (Å²) in [6.45, 7) is 5.56. The lowest BCUT2D eigenvalue weighted by Gasteiger charge is -2.18. The van der Waals surface area contributed by atoms with Crippen LogP contribution in [0, 0.1) is 0 Å². The molecule has 0 aliphatic heterocycles. The van der Waals surface area contributed by atoms with Gasteiger partial charge in [0.1, 0.15) is 0 Å². The van der Waals surface area contributed by atoms with Crippen LogP contribution in [0.2, 0.25) is 0 Å². The maximum Gasteiger partial charge on any atom is 0.313 e. The van der Waals surface area contributed by atoms with Crippen LogP contribution in [-0.4, -0.2) is 16.1 Å². The zero-order valence-corrected chi connectivity index (χ0v) is 10.4. The van der Waals surface area contributed by atoms with Gasteiger partial charge in [0.2, 0.25) is 0 Å². The number of aliphatic carboxylic acids is 1. The van der Waals surface area contributed by atoms with E-state index in [1.807, 2.05) is 18.3 Å². The number of nitrogens with one attached hydrogen (secondary N) is 1. The summed E-state index contributed by atoms with van der Waals surface area (Å²) in [5.74, 6) is -0.805. The third-order valence-corrected chi connectivity index (χ3v) is 3.39. The van der Waals surface area contributed by atoms with E-state index in [-0.39, 0.29) is 0 Å². The monoisotopic (exact) mass is 231 g/mol. The van der Waals surface area contributed by atoms with Gasteiger partial charge in [-0.05, 0) is 31.4 Å². The molecule has 1 aromatic carbocycles. The maximum absolute atomic E-state index is 11.3. The molecule has 0 saturated heterocycles. The maximum atomic E-state index is 11.3.